The third-order valence-electron chi connectivity index (χ3n) is 3.09. The topological polar surface area (TPSA) is 32.3 Å². The summed E-state index contributed by atoms with van der Waals surface area (Å²) >= 11 is 6.00. The number of benzene rings is 2. The van der Waals surface area contributed by atoms with Gasteiger partial charge in [-0.3, -0.25) is 0 Å². The quantitative estimate of drug-likeness (QED) is 0.691. The molecule has 3 heteroatoms. The molecule has 0 amide bonds. The Morgan fingerprint density at radius 3 is 2.65 bits per heavy atom. The average molecular weight is 246 g/mol. The second kappa shape index (κ2) is 3.97. The van der Waals surface area contributed by atoms with Crippen LogP contribution in [0, 0.1) is 0 Å². The molecular formula is C14H12ClNO. The predicted molar refractivity (Wildman–Crippen MR) is 70.2 cm³/mol. The monoisotopic (exact) mass is 245 g/mol. The van der Waals surface area contributed by atoms with Gasteiger partial charge in [0, 0.05) is 16.4 Å². The highest BCUT2D eigenvalue weighted by Gasteiger charge is 2.13. The van der Waals surface area contributed by atoms with Gasteiger partial charge >= 0.3 is 0 Å². The Morgan fingerprint density at radius 2 is 1.76 bits per heavy atom. The SMILES string of the molecule is Oc1ccc2c(c1)CCc1ccc(Cl)cc1N2. The Hall–Kier alpha value is -1.67. The number of aromatic hydroxyl groups is 1. The molecule has 0 fully saturated rings. The number of anilines is 2. The number of phenols is 1. The molecule has 1 aliphatic heterocycles. The largest absolute Gasteiger partial charge is 0.508 e. The molecule has 0 spiro atoms. The van der Waals surface area contributed by atoms with E-state index in [1.165, 1.54) is 5.56 Å². The molecule has 2 nitrogen and oxygen atoms in total. The zero-order valence-corrected chi connectivity index (χ0v) is 9.96. The molecule has 0 aliphatic carbocycles. The summed E-state index contributed by atoms with van der Waals surface area (Å²) in [7, 11) is 0. The minimum absolute atomic E-state index is 0.314. The lowest BCUT2D eigenvalue weighted by molar-refractivity contribution is 0.474. The first kappa shape index (κ1) is 10.5. The van der Waals surface area contributed by atoms with E-state index in [1.54, 1.807) is 6.07 Å². The summed E-state index contributed by atoms with van der Waals surface area (Å²) in [5.74, 6) is 0.314. The van der Waals surface area contributed by atoms with E-state index in [4.69, 9.17) is 11.6 Å². The highest BCUT2D eigenvalue weighted by Crippen LogP contribution is 2.33. The number of aryl methyl sites for hydroxylation is 2. The van der Waals surface area contributed by atoms with Gasteiger partial charge in [0.1, 0.15) is 5.75 Å². The van der Waals surface area contributed by atoms with Crippen molar-refractivity contribution in [2.24, 2.45) is 0 Å². The van der Waals surface area contributed by atoms with Crippen LogP contribution in [-0.4, -0.2) is 5.11 Å². The summed E-state index contributed by atoms with van der Waals surface area (Å²) < 4.78 is 0. The molecule has 0 atom stereocenters. The molecule has 1 aliphatic rings. The molecule has 2 aromatic carbocycles. The fraction of sp³-hybridized carbons (Fsp3) is 0.143. The van der Waals surface area contributed by atoms with E-state index in [9.17, 15) is 5.11 Å². The maximum Gasteiger partial charge on any atom is 0.116 e. The van der Waals surface area contributed by atoms with Crippen LogP contribution in [0.15, 0.2) is 36.4 Å². The Kier molecular flexibility index (Phi) is 2.45. The second-order valence-corrected chi connectivity index (χ2v) is 4.70. The molecule has 0 radical (unpaired) electrons. The highest BCUT2D eigenvalue weighted by atomic mass is 35.5. The van der Waals surface area contributed by atoms with Gasteiger partial charge in [-0.2, -0.15) is 0 Å². The lowest BCUT2D eigenvalue weighted by atomic mass is 10.0. The van der Waals surface area contributed by atoms with E-state index in [2.05, 4.69) is 11.4 Å². The minimum Gasteiger partial charge on any atom is -0.508 e. The van der Waals surface area contributed by atoms with Crippen LogP contribution in [0.25, 0.3) is 0 Å². The Bertz CT molecular complexity index is 580. The lowest BCUT2D eigenvalue weighted by Crippen LogP contribution is -1.93. The van der Waals surface area contributed by atoms with Gasteiger partial charge < -0.3 is 10.4 Å². The van der Waals surface area contributed by atoms with Crippen LogP contribution in [-0.2, 0) is 12.8 Å². The van der Waals surface area contributed by atoms with Gasteiger partial charge in [-0.25, -0.2) is 0 Å². The number of halogens is 1. The van der Waals surface area contributed by atoms with Crippen LogP contribution in [0.3, 0.4) is 0 Å². The van der Waals surface area contributed by atoms with Crippen molar-refractivity contribution in [3.05, 3.63) is 52.5 Å². The zero-order chi connectivity index (χ0) is 11.8. The summed E-state index contributed by atoms with van der Waals surface area (Å²) in [6.45, 7) is 0. The summed E-state index contributed by atoms with van der Waals surface area (Å²) in [6, 6.07) is 11.3. The van der Waals surface area contributed by atoms with Crippen molar-refractivity contribution in [3.8, 4) is 5.75 Å². The van der Waals surface area contributed by atoms with Crippen LogP contribution in [0.1, 0.15) is 11.1 Å². The summed E-state index contributed by atoms with van der Waals surface area (Å²) in [6.07, 6.45) is 1.88. The number of hydrogen-bond acceptors (Lipinski definition) is 2. The van der Waals surface area contributed by atoms with Crippen molar-refractivity contribution in [1.82, 2.24) is 0 Å². The van der Waals surface area contributed by atoms with Crippen molar-refractivity contribution in [3.63, 3.8) is 0 Å². The average Bonchev–Trinajstić information content (AvgIpc) is 2.47. The van der Waals surface area contributed by atoms with Gasteiger partial charge in [0.2, 0.25) is 0 Å². The molecule has 86 valence electrons. The Balaban J connectivity index is 2.08. The second-order valence-electron chi connectivity index (χ2n) is 4.27. The van der Waals surface area contributed by atoms with E-state index in [0.29, 0.717) is 5.75 Å². The van der Waals surface area contributed by atoms with Crippen molar-refractivity contribution in [2.45, 2.75) is 12.8 Å². The molecule has 1 heterocycles. The van der Waals surface area contributed by atoms with Crippen LogP contribution >= 0.6 is 11.6 Å². The summed E-state index contributed by atoms with van der Waals surface area (Å²) in [5.41, 5.74) is 4.49. The molecular weight excluding hydrogens is 234 g/mol. The van der Waals surface area contributed by atoms with Gasteiger partial charge in [-0.05, 0) is 54.3 Å². The molecule has 2 aromatic rings. The zero-order valence-electron chi connectivity index (χ0n) is 9.20. The van der Waals surface area contributed by atoms with Crippen LogP contribution in [0.5, 0.6) is 5.75 Å². The van der Waals surface area contributed by atoms with E-state index < -0.39 is 0 Å². The van der Waals surface area contributed by atoms with Crippen LogP contribution in [0.2, 0.25) is 5.02 Å². The lowest BCUT2D eigenvalue weighted by Gasteiger charge is -2.10. The molecule has 0 unspecified atom stereocenters. The van der Waals surface area contributed by atoms with Crippen LogP contribution in [0.4, 0.5) is 11.4 Å². The fourth-order valence-electron chi connectivity index (χ4n) is 2.21. The van der Waals surface area contributed by atoms with Crippen molar-refractivity contribution < 1.29 is 5.11 Å². The van der Waals surface area contributed by atoms with Gasteiger partial charge in [-0.15, -0.1) is 0 Å². The molecule has 0 bridgehead atoms. The van der Waals surface area contributed by atoms with Crippen LogP contribution < -0.4 is 5.32 Å². The van der Waals surface area contributed by atoms with Gasteiger partial charge in [-0.1, -0.05) is 17.7 Å². The molecule has 2 N–H and O–H groups in total. The minimum atomic E-state index is 0.314. The normalized spacial score (nSPS) is 13.2. The molecule has 0 aromatic heterocycles. The summed E-state index contributed by atoms with van der Waals surface area (Å²) in [5, 5.41) is 13.6. The molecule has 17 heavy (non-hydrogen) atoms. The first-order valence-electron chi connectivity index (χ1n) is 5.60. The van der Waals surface area contributed by atoms with Gasteiger partial charge in [0.25, 0.3) is 0 Å². The number of nitrogens with one attached hydrogen (secondary N) is 1. The van der Waals surface area contributed by atoms with Crippen molar-refractivity contribution in [1.29, 1.82) is 0 Å². The fourth-order valence-corrected chi connectivity index (χ4v) is 2.38. The van der Waals surface area contributed by atoms with Gasteiger partial charge in [0.15, 0.2) is 0 Å². The van der Waals surface area contributed by atoms with E-state index in [-0.39, 0.29) is 0 Å². The first-order chi connectivity index (χ1) is 8.22. The third-order valence-corrected chi connectivity index (χ3v) is 3.33. The number of rotatable bonds is 0. The number of fused-ring (bicyclic) bond motifs is 2. The van der Waals surface area contributed by atoms with Crippen molar-refractivity contribution in [2.75, 3.05) is 5.32 Å². The first-order valence-corrected chi connectivity index (χ1v) is 5.97. The smallest absolute Gasteiger partial charge is 0.116 e. The standard InChI is InChI=1S/C14H12ClNO/c15-11-4-3-9-1-2-10-7-12(17)5-6-13(10)16-14(9)8-11/h3-8,16-17H,1-2H2. The molecule has 0 saturated carbocycles. The predicted octanol–water partition coefficient (Wildman–Crippen LogP) is 3.89. The maximum absolute atomic E-state index is 9.49. The van der Waals surface area contributed by atoms with Gasteiger partial charge in [0.05, 0.1) is 0 Å². The van der Waals surface area contributed by atoms with E-state index in [1.807, 2.05) is 24.3 Å². The Morgan fingerprint density at radius 1 is 0.941 bits per heavy atom. The van der Waals surface area contributed by atoms with Crippen molar-refractivity contribution >= 4 is 23.0 Å². The van der Waals surface area contributed by atoms with E-state index >= 15 is 0 Å². The summed E-state index contributed by atoms with van der Waals surface area (Å²) in [4.78, 5) is 0. The maximum atomic E-state index is 9.49. The Labute approximate surface area is 105 Å². The third kappa shape index (κ3) is 1.96. The molecule has 0 saturated heterocycles. The highest BCUT2D eigenvalue weighted by molar-refractivity contribution is 6.30. The number of phenolic OH excluding ortho intramolecular Hbond substituents is 1. The van der Waals surface area contributed by atoms with E-state index in [0.717, 1.165) is 34.8 Å². The number of hydrogen-bond donors (Lipinski definition) is 2. The molecule has 3 rings (SSSR count).